The number of rotatable bonds is 5. The fraction of sp³-hybridized carbons (Fsp3) is 0.286. The van der Waals surface area contributed by atoms with Crippen LogP contribution < -0.4 is 5.32 Å². The molecule has 1 aromatic carbocycles. The van der Waals surface area contributed by atoms with Crippen LogP contribution in [0.5, 0.6) is 0 Å². The molecule has 5 nitrogen and oxygen atoms in total. The van der Waals surface area contributed by atoms with Gasteiger partial charge >= 0.3 is 5.97 Å². The molecule has 0 spiro atoms. The molecule has 21 heavy (non-hydrogen) atoms. The van der Waals surface area contributed by atoms with E-state index in [2.05, 4.69) is 26.2 Å². The Morgan fingerprint density at radius 2 is 2.33 bits per heavy atom. The third-order valence-electron chi connectivity index (χ3n) is 2.90. The van der Waals surface area contributed by atoms with E-state index in [9.17, 15) is 4.79 Å². The van der Waals surface area contributed by atoms with Crippen LogP contribution in [0.3, 0.4) is 0 Å². The van der Waals surface area contributed by atoms with Gasteiger partial charge in [-0.1, -0.05) is 11.6 Å². The zero-order chi connectivity index (χ0) is 15.4. The normalized spacial score (nSPS) is 12.0. The summed E-state index contributed by atoms with van der Waals surface area (Å²) in [5, 5.41) is 3.76. The average Bonchev–Trinajstić information content (AvgIpc) is 2.86. The first kappa shape index (κ1) is 15.9. The number of anilines is 1. The van der Waals surface area contributed by atoms with Crippen LogP contribution in [0.15, 0.2) is 35.2 Å². The summed E-state index contributed by atoms with van der Waals surface area (Å²) in [4.78, 5) is 16.2. The van der Waals surface area contributed by atoms with Crippen molar-refractivity contribution >= 4 is 39.2 Å². The minimum atomic E-state index is -0.634. The number of nitrogens with zero attached hydrogens (tertiary/aromatic N) is 2. The molecule has 112 valence electrons. The number of carbonyl (C=O) groups is 1. The molecule has 0 aliphatic heterocycles. The monoisotopic (exact) mass is 371 g/mol. The maximum Gasteiger partial charge on any atom is 0.334 e. The molecule has 0 aliphatic carbocycles. The standard InChI is InChI=1S/C14H15BrClN3O2/c1-3-21-14(20)13(12-7-17-8-19(12)2)18-9-4-5-11(16)10(15)6-9/h4-8,13,18H,3H2,1-2H3. The summed E-state index contributed by atoms with van der Waals surface area (Å²) in [5.41, 5.74) is 1.48. The van der Waals surface area contributed by atoms with E-state index >= 15 is 0 Å². The maximum atomic E-state index is 12.2. The number of benzene rings is 1. The number of carbonyl (C=O) groups excluding carboxylic acids is 1. The van der Waals surface area contributed by atoms with E-state index < -0.39 is 6.04 Å². The number of ether oxygens (including phenoxy) is 1. The molecule has 1 aromatic heterocycles. The second-order valence-corrected chi connectivity index (χ2v) is 5.65. The predicted molar refractivity (Wildman–Crippen MR) is 85.4 cm³/mol. The third kappa shape index (κ3) is 3.77. The molecule has 0 amide bonds. The number of hydrogen-bond donors (Lipinski definition) is 1. The maximum absolute atomic E-state index is 12.2. The van der Waals surface area contributed by atoms with E-state index in [4.69, 9.17) is 16.3 Å². The van der Waals surface area contributed by atoms with Gasteiger partial charge in [0.25, 0.3) is 0 Å². The van der Waals surface area contributed by atoms with Gasteiger partial charge in [0.2, 0.25) is 0 Å². The molecule has 1 N–H and O–H groups in total. The van der Waals surface area contributed by atoms with Crippen molar-refractivity contribution in [1.82, 2.24) is 9.55 Å². The Labute approximate surface area is 136 Å². The second kappa shape index (κ2) is 6.95. The van der Waals surface area contributed by atoms with Gasteiger partial charge in [-0.2, -0.15) is 0 Å². The van der Waals surface area contributed by atoms with Gasteiger partial charge < -0.3 is 14.6 Å². The van der Waals surface area contributed by atoms with Crippen molar-refractivity contribution in [1.29, 1.82) is 0 Å². The number of esters is 1. The lowest BCUT2D eigenvalue weighted by Crippen LogP contribution is -2.25. The van der Waals surface area contributed by atoms with Gasteiger partial charge in [0, 0.05) is 17.2 Å². The summed E-state index contributed by atoms with van der Waals surface area (Å²) in [6, 6.07) is 4.73. The van der Waals surface area contributed by atoms with E-state index in [0.29, 0.717) is 11.6 Å². The van der Waals surface area contributed by atoms with Gasteiger partial charge in [-0.05, 0) is 41.1 Å². The SMILES string of the molecule is CCOC(=O)C(Nc1ccc(Cl)c(Br)c1)c1cncn1C. The van der Waals surface area contributed by atoms with E-state index in [1.165, 1.54) is 0 Å². The lowest BCUT2D eigenvalue weighted by Gasteiger charge is -2.19. The van der Waals surface area contributed by atoms with Crippen molar-refractivity contribution < 1.29 is 9.53 Å². The highest BCUT2D eigenvalue weighted by Crippen LogP contribution is 2.28. The lowest BCUT2D eigenvalue weighted by molar-refractivity contribution is -0.144. The first-order valence-electron chi connectivity index (χ1n) is 6.37. The molecular weight excluding hydrogens is 358 g/mol. The predicted octanol–water partition coefficient (Wildman–Crippen LogP) is 3.55. The molecule has 7 heteroatoms. The Balaban J connectivity index is 2.29. The number of hydrogen-bond acceptors (Lipinski definition) is 4. The first-order valence-corrected chi connectivity index (χ1v) is 7.54. The Kier molecular flexibility index (Phi) is 5.25. The minimum Gasteiger partial charge on any atom is -0.464 e. The summed E-state index contributed by atoms with van der Waals surface area (Å²) in [6.07, 6.45) is 3.28. The lowest BCUT2D eigenvalue weighted by atomic mass is 10.2. The molecule has 0 saturated heterocycles. The fourth-order valence-corrected chi connectivity index (χ4v) is 2.37. The van der Waals surface area contributed by atoms with Gasteiger partial charge in [0.05, 0.1) is 29.8 Å². The smallest absolute Gasteiger partial charge is 0.334 e. The van der Waals surface area contributed by atoms with Crippen molar-refractivity contribution in [2.45, 2.75) is 13.0 Å². The van der Waals surface area contributed by atoms with Gasteiger partial charge in [-0.25, -0.2) is 9.78 Å². The molecule has 1 atom stereocenters. The molecule has 0 saturated carbocycles. The van der Waals surface area contributed by atoms with E-state index in [1.54, 1.807) is 36.1 Å². The van der Waals surface area contributed by atoms with E-state index in [-0.39, 0.29) is 5.97 Å². The summed E-state index contributed by atoms with van der Waals surface area (Å²) in [6.45, 7) is 2.09. The molecular formula is C14H15BrClN3O2. The largest absolute Gasteiger partial charge is 0.464 e. The Morgan fingerprint density at radius 1 is 1.57 bits per heavy atom. The van der Waals surface area contributed by atoms with Crippen LogP contribution in [0.1, 0.15) is 18.7 Å². The zero-order valence-electron chi connectivity index (χ0n) is 11.6. The highest BCUT2D eigenvalue weighted by Gasteiger charge is 2.24. The molecule has 0 aliphatic rings. The summed E-state index contributed by atoms with van der Waals surface area (Å²) in [5.74, 6) is -0.354. The summed E-state index contributed by atoms with van der Waals surface area (Å²) in [7, 11) is 1.83. The molecule has 1 unspecified atom stereocenters. The number of halogens is 2. The molecule has 0 bridgehead atoms. The zero-order valence-corrected chi connectivity index (χ0v) is 14.0. The van der Waals surface area contributed by atoms with E-state index in [1.807, 2.05) is 13.1 Å². The van der Waals surface area contributed by atoms with Crippen LogP contribution in [0, 0.1) is 0 Å². The van der Waals surface area contributed by atoms with Crippen LogP contribution in [0.4, 0.5) is 5.69 Å². The Morgan fingerprint density at radius 3 is 2.90 bits per heavy atom. The second-order valence-electron chi connectivity index (χ2n) is 4.39. The number of imidazole rings is 1. The molecule has 2 aromatic rings. The molecule has 0 fully saturated rings. The first-order chi connectivity index (χ1) is 10.0. The quantitative estimate of drug-likeness (QED) is 0.816. The summed E-state index contributed by atoms with van der Waals surface area (Å²) < 4.78 is 7.66. The minimum absolute atomic E-state index is 0.319. The third-order valence-corrected chi connectivity index (χ3v) is 4.12. The Hall–Kier alpha value is -1.53. The summed E-state index contributed by atoms with van der Waals surface area (Å²) >= 11 is 9.34. The van der Waals surface area contributed by atoms with Gasteiger partial charge in [0.15, 0.2) is 6.04 Å². The molecule has 0 radical (unpaired) electrons. The van der Waals surface area contributed by atoms with Crippen molar-refractivity contribution in [3.05, 3.63) is 45.9 Å². The van der Waals surface area contributed by atoms with Crippen LogP contribution >= 0.6 is 27.5 Å². The van der Waals surface area contributed by atoms with Gasteiger partial charge in [-0.15, -0.1) is 0 Å². The van der Waals surface area contributed by atoms with Crippen LogP contribution in [0.25, 0.3) is 0 Å². The van der Waals surface area contributed by atoms with Crippen molar-refractivity contribution in [2.24, 2.45) is 7.05 Å². The van der Waals surface area contributed by atoms with Crippen LogP contribution in [0.2, 0.25) is 5.02 Å². The highest BCUT2D eigenvalue weighted by molar-refractivity contribution is 9.10. The van der Waals surface area contributed by atoms with Crippen molar-refractivity contribution in [2.75, 3.05) is 11.9 Å². The van der Waals surface area contributed by atoms with Gasteiger partial charge in [0.1, 0.15) is 0 Å². The van der Waals surface area contributed by atoms with Crippen LogP contribution in [-0.2, 0) is 16.6 Å². The van der Waals surface area contributed by atoms with Crippen LogP contribution in [-0.4, -0.2) is 22.1 Å². The van der Waals surface area contributed by atoms with Crippen molar-refractivity contribution in [3.8, 4) is 0 Å². The fourth-order valence-electron chi connectivity index (χ4n) is 1.88. The highest BCUT2D eigenvalue weighted by atomic mass is 79.9. The van der Waals surface area contributed by atoms with E-state index in [0.717, 1.165) is 15.9 Å². The number of aromatic nitrogens is 2. The van der Waals surface area contributed by atoms with Crippen molar-refractivity contribution in [3.63, 3.8) is 0 Å². The molecule has 1 heterocycles. The Bertz CT molecular complexity index is 645. The number of aryl methyl sites for hydroxylation is 1. The van der Waals surface area contributed by atoms with Gasteiger partial charge in [-0.3, -0.25) is 0 Å². The number of nitrogens with one attached hydrogen (secondary N) is 1. The topological polar surface area (TPSA) is 56.1 Å². The average molecular weight is 373 g/mol. The molecule has 2 rings (SSSR count).